The zero-order valence-corrected chi connectivity index (χ0v) is 7.97. The molecule has 1 heterocycles. The van der Waals surface area contributed by atoms with Crippen LogP contribution in [0.2, 0.25) is 0 Å². The average Bonchev–Trinajstić information content (AvgIpc) is 2.56. The minimum Gasteiger partial charge on any atom is -0.508 e. The van der Waals surface area contributed by atoms with Crippen molar-refractivity contribution in [3.8, 4) is 5.75 Å². The minimum atomic E-state index is 0. The molecule has 1 aromatic rings. The maximum absolute atomic E-state index is 9.23. The first-order valence-corrected chi connectivity index (χ1v) is 4.05. The Kier molecular flexibility index (Phi) is 3.34. The van der Waals surface area contributed by atoms with E-state index in [-0.39, 0.29) is 12.4 Å². The number of nitrogens with one attached hydrogen (secondary N) is 1. The average molecular weight is 198 g/mol. The maximum Gasteiger partial charge on any atom is 0.116 e. The highest BCUT2D eigenvalue weighted by atomic mass is 35.5. The molecule has 0 saturated carbocycles. The van der Waals surface area contributed by atoms with Crippen molar-refractivity contribution in [1.82, 2.24) is 5.32 Å². The third-order valence-corrected chi connectivity index (χ3v) is 2.03. The third-order valence-electron chi connectivity index (χ3n) is 2.03. The summed E-state index contributed by atoms with van der Waals surface area (Å²) in [7, 11) is 0. The number of phenols is 1. The molecule has 0 bridgehead atoms. The fourth-order valence-corrected chi connectivity index (χ4v) is 1.40. The molecule has 0 fully saturated rings. The molecule has 0 radical (unpaired) electrons. The van der Waals surface area contributed by atoms with Gasteiger partial charge in [-0.05, 0) is 23.3 Å². The largest absolute Gasteiger partial charge is 0.508 e. The summed E-state index contributed by atoms with van der Waals surface area (Å²) >= 11 is 0. The molecule has 13 heavy (non-hydrogen) atoms. The van der Waals surface area contributed by atoms with Crippen molar-refractivity contribution in [3.05, 3.63) is 35.9 Å². The van der Waals surface area contributed by atoms with Crippen LogP contribution in [-0.4, -0.2) is 18.2 Å². The van der Waals surface area contributed by atoms with Gasteiger partial charge in [-0.1, -0.05) is 18.2 Å². The second-order valence-corrected chi connectivity index (χ2v) is 2.91. The lowest BCUT2D eigenvalue weighted by atomic mass is 10.1. The van der Waals surface area contributed by atoms with Gasteiger partial charge in [0.2, 0.25) is 0 Å². The fourth-order valence-electron chi connectivity index (χ4n) is 1.40. The van der Waals surface area contributed by atoms with Crippen molar-refractivity contribution < 1.29 is 5.11 Å². The van der Waals surface area contributed by atoms with Crippen LogP contribution in [0.1, 0.15) is 5.56 Å². The number of rotatable bonds is 1. The Labute approximate surface area is 83.7 Å². The van der Waals surface area contributed by atoms with Crippen LogP contribution in [0.5, 0.6) is 5.75 Å². The summed E-state index contributed by atoms with van der Waals surface area (Å²) in [6.45, 7) is 1.84. The minimum absolute atomic E-state index is 0. The molecule has 0 amide bonds. The smallest absolute Gasteiger partial charge is 0.116 e. The molecule has 0 unspecified atom stereocenters. The van der Waals surface area contributed by atoms with E-state index in [1.807, 2.05) is 12.1 Å². The van der Waals surface area contributed by atoms with Gasteiger partial charge in [0.25, 0.3) is 0 Å². The molecule has 0 saturated heterocycles. The second kappa shape index (κ2) is 4.30. The molecule has 2 nitrogen and oxygen atoms in total. The zero-order valence-electron chi connectivity index (χ0n) is 7.16. The number of hydrogen-bond donors (Lipinski definition) is 2. The summed E-state index contributed by atoms with van der Waals surface area (Å²) in [5.41, 5.74) is 2.38. The van der Waals surface area contributed by atoms with Crippen molar-refractivity contribution in [2.75, 3.05) is 13.1 Å². The van der Waals surface area contributed by atoms with Crippen LogP contribution in [0.25, 0.3) is 5.57 Å². The Bertz CT molecular complexity index is 322. The normalized spacial score (nSPS) is 14.9. The summed E-state index contributed by atoms with van der Waals surface area (Å²) in [5.74, 6) is 0.334. The topological polar surface area (TPSA) is 32.3 Å². The van der Waals surface area contributed by atoms with Crippen molar-refractivity contribution in [2.45, 2.75) is 0 Å². The van der Waals surface area contributed by atoms with E-state index in [0.29, 0.717) is 5.75 Å². The van der Waals surface area contributed by atoms with Gasteiger partial charge in [-0.3, -0.25) is 0 Å². The molecule has 1 aromatic carbocycles. The standard InChI is InChI=1S/C10H11NO.ClH/c12-10-3-1-2-8(6-10)9-4-5-11-7-9;/h1-4,6,11-12H,5,7H2;1H. The third kappa shape index (κ3) is 2.23. The first kappa shape index (κ1) is 10.1. The van der Waals surface area contributed by atoms with Crippen molar-refractivity contribution >= 4 is 18.0 Å². The van der Waals surface area contributed by atoms with Crippen LogP contribution in [-0.2, 0) is 0 Å². The van der Waals surface area contributed by atoms with Crippen LogP contribution < -0.4 is 5.32 Å². The lowest BCUT2D eigenvalue weighted by Crippen LogP contribution is -2.07. The fraction of sp³-hybridized carbons (Fsp3) is 0.200. The molecule has 70 valence electrons. The van der Waals surface area contributed by atoms with E-state index in [4.69, 9.17) is 0 Å². The summed E-state index contributed by atoms with van der Waals surface area (Å²) in [5, 5.41) is 12.4. The number of benzene rings is 1. The van der Waals surface area contributed by atoms with Gasteiger partial charge in [0.05, 0.1) is 0 Å². The van der Waals surface area contributed by atoms with E-state index < -0.39 is 0 Å². The molecule has 2 rings (SSSR count). The first-order chi connectivity index (χ1) is 5.86. The van der Waals surface area contributed by atoms with Crippen LogP contribution in [0.4, 0.5) is 0 Å². The van der Waals surface area contributed by atoms with Crippen LogP contribution in [0.15, 0.2) is 30.3 Å². The lowest BCUT2D eigenvalue weighted by Gasteiger charge is -2.01. The molecule has 1 aliphatic heterocycles. The number of halogens is 1. The predicted octanol–water partition coefficient (Wildman–Crippen LogP) is 1.80. The van der Waals surface area contributed by atoms with Gasteiger partial charge >= 0.3 is 0 Å². The molecule has 3 heteroatoms. The Hall–Kier alpha value is -0.990. The molecule has 1 aliphatic rings. The second-order valence-electron chi connectivity index (χ2n) is 2.91. The van der Waals surface area contributed by atoms with Gasteiger partial charge in [0.1, 0.15) is 5.75 Å². The van der Waals surface area contributed by atoms with Gasteiger partial charge in [0.15, 0.2) is 0 Å². The van der Waals surface area contributed by atoms with E-state index >= 15 is 0 Å². The summed E-state index contributed by atoms with van der Waals surface area (Å²) in [4.78, 5) is 0. The first-order valence-electron chi connectivity index (χ1n) is 4.05. The highest BCUT2D eigenvalue weighted by Gasteiger charge is 2.05. The number of phenolic OH excluding ortho intramolecular Hbond substituents is 1. The maximum atomic E-state index is 9.23. The molecule has 0 aromatic heterocycles. The van der Waals surface area contributed by atoms with Crippen molar-refractivity contribution in [1.29, 1.82) is 0 Å². The Balaban J connectivity index is 0.000000845. The van der Waals surface area contributed by atoms with E-state index in [1.54, 1.807) is 12.1 Å². The predicted molar refractivity (Wildman–Crippen MR) is 56.2 cm³/mol. The molecule has 2 N–H and O–H groups in total. The molecule has 0 spiro atoms. The summed E-state index contributed by atoms with van der Waals surface area (Å²) in [6.07, 6.45) is 2.15. The molecular formula is C10H12ClNO. The van der Waals surface area contributed by atoms with E-state index in [1.165, 1.54) is 5.57 Å². The quantitative estimate of drug-likeness (QED) is 0.720. The zero-order chi connectivity index (χ0) is 8.39. The van der Waals surface area contributed by atoms with Crippen LogP contribution in [0, 0.1) is 0 Å². The van der Waals surface area contributed by atoms with Gasteiger partial charge in [-0.2, -0.15) is 0 Å². The van der Waals surface area contributed by atoms with Gasteiger partial charge in [-0.25, -0.2) is 0 Å². The molecule has 0 aliphatic carbocycles. The number of hydrogen-bond acceptors (Lipinski definition) is 2. The van der Waals surface area contributed by atoms with Gasteiger partial charge in [-0.15, -0.1) is 12.4 Å². The number of aromatic hydroxyl groups is 1. The van der Waals surface area contributed by atoms with E-state index in [9.17, 15) is 5.11 Å². The van der Waals surface area contributed by atoms with Crippen molar-refractivity contribution in [3.63, 3.8) is 0 Å². The molecular weight excluding hydrogens is 186 g/mol. The van der Waals surface area contributed by atoms with Crippen LogP contribution in [0.3, 0.4) is 0 Å². The monoisotopic (exact) mass is 197 g/mol. The van der Waals surface area contributed by atoms with Gasteiger partial charge in [0, 0.05) is 13.1 Å². The molecule has 0 atom stereocenters. The summed E-state index contributed by atoms with van der Waals surface area (Å²) in [6, 6.07) is 7.35. The van der Waals surface area contributed by atoms with E-state index in [0.717, 1.165) is 18.7 Å². The summed E-state index contributed by atoms with van der Waals surface area (Å²) < 4.78 is 0. The highest BCUT2D eigenvalue weighted by Crippen LogP contribution is 2.20. The van der Waals surface area contributed by atoms with Crippen LogP contribution >= 0.6 is 12.4 Å². The Morgan fingerprint density at radius 1 is 1.31 bits per heavy atom. The van der Waals surface area contributed by atoms with Gasteiger partial charge < -0.3 is 10.4 Å². The van der Waals surface area contributed by atoms with E-state index in [2.05, 4.69) is 11.4 Å². The SMILES string of the molecule is Cl.Oc1cccc(C2=CCNC2)c1. The Morgan fingerprint density at radius 3 is 2.77 bits per heavy atom. The Morgan fingerprint density at radius 2 is 2.15 bits per heavy atom. The highest BCUT2D eigenvalue weighted by molar-refractivity contribution is 5.85. The van der Waals surface area contributed by atoms with Crippen molar-refractivity contribution in [2.24, 2.45) is 0 Å². The lowest BCUT2D eigenvalue weighted by molar-refractivity contribution is 0.475.